The molecule has 0 N–H and O–H groups in total. The lowest BCUT2D eigenvalue weighted by atomic mass is 10.2. The SMILES string of the molecule is O=C(CN(CC1CCCO1)C(=O)Cn1cccn1)N1CCCC1. The molecule has 0 spiro atoms. The molecular weight excluding hydrogens is 296 g/mol. The highest BCUT2D eigenvalue weighted by molar-refractivity contribution is 5.84. The van der Waals surface area contributed by atoms with Crippen LogP contribution in [-0.2, 0) is 20.9 Å². The Morgan fingerprint density at radius 1 is 1.26 bits per heavy atom. The third-order valence-corrected chi connectivity index (χ3v) is 4.44. The Morgan fingerprint density at radius 3 is 2.74 bits per heavy atom. The van der Waals surface area contributed by atoms with Crippen LogP contribution in [0.1, 0.15) is 25.7 Å². The van der Waals surface area contributed by atoms with Gasteiger partial charge in [0, 0.05) is 38.6 Å². The number of aromatic nitrogens is 2. The van der Waals surface area contributed by atoms with Gasteiger partial charge in [-0.2, -0.15) is 5.10 Å². The van der Waals surface area contributed by atoms with E-state index in [4.69, 9.17) is 4.74 Å². The zero-order valence-electron chi connectivity index (χ0n) is 13.4. The average molecular weight is 320 g/mol. The molecule has 23 heavy (non-hydrogen) atoms. The van der Waals surface area contributed by atoms with Gasteiger partial charge >= 0.3 is 0 Å². The van der Waals surface area contributed by atoms with E-state index in [-0.39, 0.29) is 31.0 Å². The molecular formula is C16H24N4O3. The van der Waals surface area contributed by atoms with Gasteiger partial charge in [-0.25, -0.2) is 0 Å². The summed E-state index contributed by atoms with van der Waals surface area (Å²) in [6.45, 7) is 3.14. The van der Waals surface area contributed by atoms with Crippen molar-refractivity contribution >= 4 is 11.8 Å². The number of ether oxygens (including phenoxy) is 1. The minimum absolute atomic E-state index is 0.0364. The second-order valence-corrected chi connectivity index (χ2v) is 6.20. The van der Waals surface area contributed by atoms with Crippen molar-refractivity contribution in [3.05, 3.63) is 18.5 Å². The van der Waals surface area contributed by atoms with Crippen LogP contribution in [0.4, 0.5) is 0 Å². The summed E-state index contributed by atoms with van der Waals surface area (Å²) in [5, 5.41) is 4.07. The van der Waals surface area contributed by atoms with E-state index in [9.17, 15) is 9.59 Å². The van der Waals surface area contributed by atoms with Crippen molar-refractivity contribution in [2.75, 3.05) is 32.8 Å². The highest BCUT2D eigenvalue weighted by Crippen LogP contribution is 2.15. The molecule has 1 aromatic rings. The Bertz CT molecular complexity index is 519. The van der Waals surface area contributed by atoms with Crippen molar-refractivity contribution < 1.29 is 14.3 Å². The van der Waals surface area contributed by atoms with Gasteiger partial charge in [0.25, 0.3) is 0 Å². The lowest BCUT2D eigenvalue weighted by Gasteiger charge is -2.27. The standard InChI is InChI=1S/C16H24N4O3/c21-15(18-7-1-2-8-18)12-19(11-14-5-3-10-23-14)16(22)13-20-9-4-6-17-20/h4,6,9,14H,1-3,5,7-8,10-13H2. The van der Waals surface area contributed by atoms with Gasteiger partial charge in [-0.15, -0.1) is 0 Å². The van der Waals surface area contributed by atoms with Gasteiger partial charge in [-0.3, -0.25) is 14.3 Å². The largest absolute Gasteiger partial charge is 0.376 e. The number of hydrogen-bond donors (Lipinski definition) is 0. The Hall–Kier alpha value is -1.89. The number of amides is 2. The second-order valence-electron chi connectivity index (χ2n) is 6.20. The van der Waals surface area contributed by atoms with Gasteiger partial charge < -0.3 is 14.5 Å². The first-order chi connectivity index (χ1) is 11.2. The van der Waals surface area contributed by atoms with Crippen molar-refractivity contribution in [2.24, 2.45) is 0 Å². The quantitative estimate of drug-likeness (QED) is 0.766. The Kier molecular flexibility index (Phi) is 5.27. The van der Waals surface area contributed by atoms with E-state index in [1.807, 2.05) is 4.90 Å². The van der Waals surface area contributed by atoms with Crippen LogP contribution in [0, 0.1) is 0 Å². The molecule has 2 amide bonds. The third-order valence-electron chi connectivity index (χ3n) is 4.44. The fourth-order valence-corrected chi connectivity index (χ4v) is 3.15. The maximum absolute atomic E-state index is 12.6. The molecule has 0 radical (unpaired) electrons. The third kappa shape index (κ3) is 4.31. The van der Waals surface area contributed by atoms with Crippen LogP contribution in [0.3, 0.4) is 0 Å². The summed E-state index contributed by atoms with van der Waals surface area (Å²) in [4.78, 5) is 28.5. The second kappa shape index (κ2) is 7.59. The lowest BCUT2D eigenvalue weighted by Crippen LogP contribution is -2.46. The van der Waals surface area contributed by atoms with Crippen LogP contribution in [0.15, 0.2) is 18.5 Å². The first-order valence-corrected chi connectivity index (χ1v) is 8.37. The molecule has 3 heterocycles. The molecule has 0 bridgehead atoms. The molecule has 1 aromatic heterocycles. The predicted molar refractivity (Wildman–Crippen MR) is 83.6 cm³/mol. The van der Waals surface area contributed by atoms with E-state index < -0.39 is 0 Å². The molecule has 2 aliphatic heterocycles. The van der Waals surface area contributed by atoms with Gasteiger partial charge in [0.1, 0.15) is 6.54 Å². The molecule has 7 heteroatoms. The van der Waals surface area contributed by atoms with E-state index in [1.165, 1.54) is 0 Å². The molecule has 2 saturated heterocycles. The van der Waals surface area contributed by atoms with Crippen molar-refractivity contribution in [2.45, 2.75) is 38.3 Å². The van der Waals surface area contributed by atoms with Gasteiger partial charge in [0.15, 0.2) is 0 Å². The topological polar surface area (TPSA) is 67.7 Å². The summed E-state index contributed by atoms with van der Waals surface area (Å²) in [5.41, 5.74) is 0. The summed E-state index contributed by atoms with van der Waals surface area (Å²) in [6, 6.07) is 1.78. The Balaban J connectivity index is 1.61. The van der Waals surface area contributed by atoms with Crippen molar-refractivity contribution in [1.29, 1.82) is 0 Å². The van der Waals surface area contributed by atoms with E-state index >= 15 is 0 Å². The highest BCUT2D eigenvalue weighted by atomic mass is 16.5. The molecule has 2 fully saturated rings. The molecule has 1 atom stereocenters. The maximum atomic E-state index is 12.6. The van der Waals surface area contributed by atoms with E-state index in [1.54, 1.807) is 28.0 Å². The summed E-state index contributed by atoms with van der Waals surface area (Å²) in [5.74, 6) is -0.0499. The van der Waals surface area contributed by atoms with Gasteiger partial charge in [-0.05, 0) is 31.7 Å². The maximum Gasteiger partial charge on any atom is 0.244 e. The number of rotatable bonds is 6. The number of carbonyl (C=O) groups excluding carboxylic acids is 2. The van der Waals surface area contributed by atoms with Gasteiger partial charge in [0.2, 0.25) is 11.8 Å². The molecule has 0 aliphatic carbocycles. The first-order valence-electron chi connectivity index (χ1n) is 8.37. The van der Waals surface area contributed by atoms with Crippen LogP contribution in [0.5, 0.6) is 0 Å². The predicted octanol–water partition coefficient (Wildman–Crippen LogP) is 0.513. The van der Waals surface area contributed by atoms with Gasteiger partial charge in [0.05, 0.1) is 12.6 Å². The lowest BCUT2D eigenvalue weighted by molar-refractivity contribution is -0.141. The summed E-state index contributed by atoms with van der Waals surface area (Å²) in [6.07, 6.45) is 7.52. The number of likely N-dealkylation sites (tertiary alicyclic amines) is 1. The zero-order valence-corrected chi connectivity index (χ0v) is 13.4. The van der Waals surface area contributed by atoms with Crippen LogP contribution >= 0.6 is 0 Å². The van der Waals surface area contributed by atoms with Crippen molar-refractivity contribution in [1.82, 2.24) is 19.6 Å². The van der Waals surface area contributed by atoms with Crippen LogP contribution in [0.25, 0.3) is 0 Å². The summed E-state index contributed by atoms with van der Waals surface area (Å²) in [7, 11) is 0. The smallest absolute Gasteiger partial charge is 0.244 e. The minimum Gasteiger partial charge on any atom is -0.376 e. The molecule has 7 nitrogen and oxygen atoms in total. The van der Waals surface area contributed by atoms with E-state index in [2.05, 4.69) is 5.10 Å². The average Bonchev–Trinajstić information content (AvgIpc) is 3.29. The molecule has 0 saturated carbocycles. The summed E-state index contributed by atoms with van der Waals surface area (Å²) >= 11 is 0. The Morgan fingerprint density at radius 2 is 2.09 bits per heavy atom. The van der Waals surface area contributed by atoms with E-state index in [0.29, 0.717) is 6.54 Å². The first kappa shape index (κ1) is 16.0. The number of nitrogens with zero attached hydrogens (tertiary/aromatic N) is 4. The Labute approximate surface area is 136 Å². The zero-order chi connectivity index (χ0) is 16.1. The molecule has 3 rings (SSSR count). The normalized spacial score (nSPS) is 20.9. The molecule has 1 unspecified atom stereocenters. The number of carbonyl (C=O) groups is 2. The molecule has 126 valence electrons. The monoisotopic (exact) mass is 320 g/mol. The van der Waals surface area contributed by atoms with Crippen LogP contribution in [0.2, 0.25) is 0 Å². The van der Waals surface area contributed by atoms with Gasteiger partial charge in [-0.1, -0.05) is 0 Å². The van der Waals surface area contributed by atoms with Crippen LogP contribution in [-0.4, -0.2) is 70.3 Å². The fraction of sp³-hybridized carbons (Fsp3) is 0.688. The van der Waals surface area contributed by atoms with Crippen molar-refractivity contribution in [3.8, 4) is 0 Å². The minimum atomic E-state index is -0.0863. The molecule has 0 aromatic carbocycles. The fourth-order valence-electron chi connectivity index (χ4n) is 3.15. The van der Waals surface area contributed by atoms with Crippen molar-refractivity contribution in [3.63, 3.8) is 0 Å². The summed E-state index contributed by atoms with van der Waals surface area (Å²) < 4.78 is 7.22. The molecule has 2 aliphatic rings. The van der Waals surface area contributed by atoms with E-state index in [0.717, 1.165) is 45.4 Å². The highest BCUT2D eigenvalue weighted by Gasteiger charge is 2.27. The number of hydrogen-bond acceptors (Lipinski definition) is 4. The van der Waals surface area contributed by atoms with Crippen LogP contribution < -0.4 is 0 Å².